The third kappa shape index (κ3) is 1.31. The van der Waals surface area contributed by atoms with Gasteiger partial charge in [0.1, 0.15) is 0 Å². The van der Waals surface area contributed by atoms with Crippen LogP contribution in [0.25, 0.3) is 10.9 Å². The number of hydrogen-bond acceptors (Lipinski definition) is 2. The van der Waals surface area contributed by atoms with E-state index in [9.17, 15) is 0 Å². The molecule has 0 aliphatic heterocycles. The molecule has 1 heterocycles. The normalized spacial score (nSPS) is 13.4. The number of rotatable bonds is 2. The number of aliphatic hydroxyl groups excluding tert-OH is 1. The molecule has 2 aromatic rings. The van der Waals surface area contributed by atoms with Crippen LogP contribution in [-0.4, -0.2) is 16.3 Å². The van der Waals surface area contributed by atoms with E-state index in [1.165, 1.54) is 0 Å². The zero-order chi connectivity index (χ0) is 10.1. The Morgan fingerprint density at radius 2 is 2.14 bits per heavy atom. The van der Waals surface area contributed by atoms with Gasteiger partial charge < -0.3 is 15.4 Å². The first-order chi connectivity index (χ1) is 6.74. The molecule has 0 aliphatic carbocycles. The highest BCUT2D eigenvalue weighted by Gasteiger charge is 2.10. The summed E-state index contributed by atoms with van der Waals surface area (Å²) in [4.78, 5) is 0. The fourth-order valence-corrected chi connectivity index (χ4v) is 1.76. The number of nitrogens with zero attached hydrogens (tertiary/aromatic N) is 1. The second-order valence-electron chi connectivity index (χ2n) is 3.48. The smallest absolute Gasteiger partial charge is 0.0685 e. The van der Waals surface area contributed by atoms with Crippen LogP contribution in [-0.2, 0) is 7.05 Å². The molecule has 2 rings (SSSR count). The quantitative estimate of drug-likeness (QED) is 0.747. The molecule has 0 bridgehead atoms. The Labute approximate surface area is 82.8 Å². The van der Waals surface area contributed by atoms with Crippen molar-refractivity contribution in [3.8, 4) is 0 Å². The lowest BCUT2D eigenvalue weighted by Gasteiger charge is -2.09. The predicted octanol–water partition coefficient (Wildman–Crippen LogP) is 1.17. The highest BCUT2D eigenvalue weighted by molar-refractivity contribution is 5.81. The molecule has 74 valence electrons. The van der Waals surface area contributed by atoms with Gasteiger partial charge in [0.15, 0.2) is 0 Å². The molecule has 0 spiro atoms. The number of para-hydroxylation sites is 1. The second-order valence-corrected chi connectivity index (χ2v) is 3.48. The minimum Gasteiger partial charge on any atom is -0.394 e. The van der Waals surface area contributed by atoms with Crippen LogP contribution in [0.5, 0.6) is 0 Å². The maximum Gasteiger partial charge on any atom is 0.0685 e. The first-order valence-corrected chi connectivity index (χ1v) is 4.65. The molecular formula is C11H14N2O. The van der Waals surface area contributed by atoms with Gasteiger partial charge in [-0.05, 0) is 17.5 Å². The summed E-state index contributed by atoms with van der Waals surface area (Å²) in [5, 5.41) is 10.2. The fraction of sp³-hybridized carbons (Fsp3) is 0.273. The summed E-state index contributed by atoms with van der Waals surface area (Å²) >= 11 is 0. The van der Waals surface area contributed by atoms with Crippen LogP contribution in [0, 0.1) is 0 Å². The Balaban J connectivity index is 2.62. The topological polar surface area (TPSA) is 51.2 Å². The number of aromatic nitrogens is 1. The largest absolute Gasteiger partial charge is 0.394 e. The number of benzene rings is 1. The molecule has 0 radical (unpaired) electrons. The molecule has 0 aliphatic rings. The van der Waals surface area contributed by atoms with Gasteiger partial charge in [0.05, 0.1) is 12.6 Å². The summed E-state index contributed by atoms with van der Waals surface area (Å²) in [7, 11) is 1.97. The molecule has 1 aromatic heterocycles. The molecule has 3 N–H and O–H groups in total. The standard InChI is InChI=1S/C11H14N2O/c1-13-10-5-3-2-4-8(10)6-11(13)9(12)7-14/h2-6,9,14H,7,12H2,1H3/t9-/m1/s1. The minimum atomic E-state index is -0.299. The van der Waals surface area contributed by atoms with Crippen molar-refractivity contribution >= 4 is 10.9 Å². The monoisotopic (exact) mass is 190 g/mol. The van der Waals surface area contributed by atoms with Crippen molar-refractivity contribution < 1.29 is 5.11 Å². The lowest BCUT2D eigenvalue weighted by molar-refractivity contribution is 0.264. The van der Waals surface area contributed by atoms with E-state index in [1.54, 1.807) is 0 Å². The summed E-state index contributed by atoms with van der Waals surface area (Å²) in [6.07, 6.45) is 0. The number of fused-ring (bicyclic) bond motifs is 1. The van der Waals surface area contributed by atoms with Crippen molar-refractivity contribution in [3.63, 3.8) is 0 Å². The maximum absolute atomic E-state index is 9.00. The van der Waals surface area contributed by atoms with Gasteiger partial charge in [-0.3, -0.25) is 0 Å². The first-order valence-electron chi connectivity index (χ1n) is 4.65. The molecule has 0 amide bonds. The molecule has 0 saturated carbocycles. The van der Waals surface area contributed by atoms with Gasteiger partial charge in [0, 0.05) is 18.3 Å². The molecule has 14 heavy (non-hydrogen) atoms. The second kappa shape index (κ2) is 3.44. The van der Waals surface area contributed by atoms with Crippen LogP contribution in [0.1, 0.15) is 11.7 Å². The predicted molar refractivity (Wildman–Crippen MR) is 56.9 cm³/mol. The summed E-state index contributed by atoms with van der Waals surface area (Å²) in [6, 6.07) is 9.81. The van der Waals surface area contributed by atoms with E-state index in [4.69, 9.17) is 10.8 Å². The number of aryl methyl sites for hydroxylation is 1. The minimum absolute atomic E-state index is 0.0236. The van der Waals surface area contributed by atoms with Crippen LogP contribution >= 0.6 is 0 Å². The summed E-state index contributed by atoms with van der Waals surface area (Å²) in [6.45, 7) is -0.0236. The van der Waals surface area contributed by atoms with Crippen LogP contribution in [0.2, 0.25) is 0 Å². The molecule has 3 heteroatoms. The molecular weight excluding hydrogens is 176 g/mol. The summed E-state index contributed by atoms with van der Waals surface area (Å²) in [5.74, 6) is 0. The van der Waals surface area contributed by atoms with Gasteiger partial charge in [-0.25, -0.2) is 0 Å². The van der Waals surface area contributed by atoms with E-state index in [-0.39, 0.29) is 12.6 Å². The zero-order valence-corrected chi connectivity index (χ0v) is 8.14. The van der Waals surface area contributed by atoms with E-state index < -0.39 is 0 Å². The Morgan fingerprint density at radius 3 is 2.79 bits per heavy atom. The van der Waals surface area contributed by atoms with Crippen molar-refractivity contribution in [2.45, 2.75) is 6.04 Å². The van der Waals surface area contributed by atoms with E-state index >= 15 is 0 Å². The Bertz CT molecular complexity index is 447. The lowest BCUT2D eigenvalue weighted by atomic mass is 10.2. The highest BCUT2D eigenvalue weighted by Crippen LogP contribution is 2.21. The van der Waals surface area contributed by atoms with Crippen LogP contribution in [0.15, 0.2) is 30.3 Å². The zero-order valence-electron chi connectivity index (χ0n) is 8.14. The van der Waals surface area contributed by atoms with Crippen molar-refractivity contribution in [1.82, 2.24) is 4.57 Å². The third-order valence-electron chi connectivity index (χ3n) is 2.57. The van der Waals surface area contributed by atoms with Gasteiger partial charge in [-0.1, -0.05) is 18.2 Å². The van der Waals surface area contributed by atoms with Crippen LogP contribution < -0.4 is 5.73 Å². The maximum atomic E-state index is 9.00. The number of aliphatic hydroxyl groups is 1. The summed E-state index contributed by atoms with van der Waals surface area (Å²) in [5.41, 5.74) is 7.90. The number of nitrogens with two attached hydrogens (primary N) is 1. The van der Waals surface area contributed by atoms with Crippen LogP contribution in [0.4, 0.5) is 0 Å². The van der Waals surface area contributed by atoms with E-state index in [0.717, 1.165) is 16.6 Å². The Morgan fingerprint density at radius 1 is 1.43 bits per heavy atom. The SMILES string of the molecule is Cn1c([C@H](N)CO)cc2ccccc21. The van der Waals surface area contributed by atoms with Gasteiger partial charge >= 0.3 is 0 Å². The average molecular weight is 190 g/mol. The lowest BCUT2D eigenvalue weighted by Crippen LogP contribution is -2.17. The Kier molecular flexibility index (Phi) is 2.27. The molecule has 3 nitrogen and oxygen atoms in total. The van der Waals surface area contributed by atoms with Crippen molar-refractivity contribution in [1.29, 1.82) is 0 Å². The van der Waals surface area contributed by atoms with E-state index in [0.29, 0.717) is 0 Å². The van der Waals surface area contributed by atoms with E-state index in [2.05, 4.69) is 0 Å². The van der Waals surface area contributed by atoms with Crippen LogP contribution in [0.3, 0.4) is 0 Å². The molecule has 0 saturated heterocycles. The molecule has 0 fully saturated rings. The average Bonchev–Trinajstić information content (AvgIpc) is 2.56. The number of hydrogen-bond donors (Lipinski definition) is 2. The molecule has 1 aromatic carbocycles. The summed E-state index contributed by atoms with van der Waals surface area (Å²) < 4.78 is 2.02. The molecule has 1 atom stereocenters. The van der Waals surface area contributed by atoms with Gasteiger partial charge in [-0.2, -0.15) is 0 Å². The van der Waals surface area contributed by atoms with Gasteiger partial charge in [0.2, 0.25) is 0 Å². The first kappa shape index (κ1) is 9.24. The van der Waals surface area contributed by atoms with E-state index in [1.807, 2.05) is 41.9 Å². The van der Waals surface area contributed by atoms with Crippen molar-refractivity contribution in [2.24, 2.45) is 12.8 Å². The Hall–Kier alpha value is -1.32. The van der Waals surface area contributed by atoms with Gasteiger partial charge in [-0.15, -0.1) is 0 Å². The fourth-order valence-electron chi connectivity index (χ4n) is 1.76. The highest BCUT2D eigenvalue weighted by atomic mass is 16.3. The van der Waals surface area contributed by atoms with Crippen molar-refractivity contribution in [2.75, 3.05) is 6.61 Å². The molecule has 0 unspecified atom stereocenters. The third-order valence-corrected chi connectivity index (χ3v) is 2.57. The van der Waals surface area contributed by atoms with Crippen molar-refractivity contribution in [3.05, 3.63) is 36.0 Å². The van der Waals surface area contributed by atoms with Gasteiger partial charge in [0.25, 0.3) is 0 Å².